The highest BCUT2D eigenvalue weighted by Gasteiger charge is 2.41. The predicted octanol–water partition coefficient (Wildman–Crippen LogP) is 9.75. The summed E-state index contributed by atoms with van der Waals surface area (Å²) >= 11 is 0. The van der Waals surface area contributed by atoms with Crippen LogP contribution in [0.4, 0.5) is 39.5 Å². The van der Waals surface area contributed by atoms with Gasteiger partial charge in [0.25, 0.3) is 0 Å². The van der Waals surface area contributed by atoms with Crippen LogP contribution < -0.4 is 9.47 Å². The second kappa shape index (κ2) is 13.6. The van der Waals surface area contributed by atoms with Gasteiger partial charge < -0.3 is 18.9 Å². The maximum absolute atomic E-state index is 15.0. The van der Waals surface area contributed by atoms with Gasteiger partial charge in [-0.2, -0.15) is 8.78 Å². The van der Waals surface area contributed by atoms with Gasteiger partial charge in [-0.3, -0.25) is 0 Å². The van der Waals surface area contributed by atoms with Gasteiger partial charge in [-0.15, -0.1) is 0 Å². The predicted molar refractivity (Wildman–Crippen MR) is 148 cm³/mol. The van der Waals surface area contributed by atoms with Crippen LogP contribution in [0.2, 0.25) is 0 Å². The molecule has 0 unspecified atom stereocenters. The third-order valence-corrected chi connectivity index (χ3v) is 7.27. The molecule has 4 nitrogen and oxygen atoms in total. The summed E-state index contributed by atoms with van der Waals surface area (Å²) in [6, 6.07) is 7.98. The normalized spacial score (nSPS) is 16.8. The molecule has 0 bridgehead atoms. The van der Waals surface area contributed by atoms with Gasteiger partial charge in [0.2, 0.25) is 6.86 Å². The summed E-state index contributed by atoms with van der Waals surface area (Å²) in [4.78, 5) is 0. The van der Waals surface area contributed by atoms with E-state index in [-0.39, 0.29) is 22.6 Å². The number of hydrogen-bond donors (Lipinski definition) is 0. The summed E-state index contributed by atoms with van der Waals surface area (Å²) in [5, 5.41) is 0. The first-order valence-electron chi connectivity index (χ1n) is 14.0. The Balaban J connectivity index is 1.34. The average Bonchev–Trinajstić information content (AvgIpc) is 2.98. The highest BCUT2D eigenvalue weighted by atomic mass is 19.3. The molecule has 4 aromatic rings. The Morgan fingerprint density at radius 2 is 1.26 bits per heavy atom. The molecule has 1 aliphatic rings. The van der Waals surface area contributed by atoms with Crippen LogP contribution in [0.3, 0.4) is 0 Å². The fraction of sp³-hybridized carbons (Fsp3) is 0.273. The first kappa shape index (κ1) is 33.1. The van der Waals surface area contributed by atoms with E-state index in [0.717, 1.165) is 31.0 Å². The lowest BCUT2D eigenvalue weighted by Gasteiger charge is -2.29. The number of benzene rings is 4. The SMILES string of the molecule is CCCC1COC(c2ccc(-c3cc(F)c(C(F)(F)Oc4ccc(-c5cc(F)c(OCF)c(F)c5)c(F)c4)c(F)c3)c(F)c2)OC1. The molecule has 0 N–H and O–H groups in total. The molecule has 1 fully saturated rings. The quantitative estimate of drug-likeness (QED) is 0.159. The van der Waals surface area contributed by atoms with Gasteiger partial charge in [-0.1, -0.05) is 25.5 Å². The third kappa shape index (κ3) is 6.95. The van der Waals surface area contributed by atoms with E-state index in [1.807, 2.05) is 6.92 Å². The van der Waals surface area contributed by atoms with Crippen LogP contribution in [0.5, 0.6) is 11.5 Å². The number of hydrogen-bond acceptors (Lipinski definition) is 4. The van der Waals surface area contributed by atoms with Gasteiger partial charge in [0, 0.05) is 28.7 Å². The van der Waals surface area contributed by atoms with Crippen LogP contribution in [0, 0.1) is 40.8 Å². The van der Waals surface area contributed by atoms with Crippen molar-refractivity contribution < 1.29 is 58.5 Å². The number of rotatable bonds is 10. The minimum absolute atomic E-state index is 0.209. The Hall–Kier alpha value is -4.23. The van der Waals surface area contributed by atoms with E-state index < -0.39 is 76.8 Å². The van der Waals surface area contributed by atoms with Crippen molar-refractivity contribution in [2.45, 2.75) is 32.2 Å². The van der Waals surface area contributed by atoms with Crippen molar-refractivity contribution in [1.82, 2.24) is 0 Å². The van der Waals surface area contributed by atoms with Gasteiger partial charge in [-0.05, 0) is 60.0 Å². The molecule has 4 aromatic carbocycles. The molecule has 46 heavy (non-hydrogen) atoms. The Morgan fingerprint density at radius 1 is 0.717 bits per heavy atom. The second-order valence-corrected chi connectivity index (χ2v) is 10.5. The smallest absolute Gasteiger partial charge is 0.432 e. The Morgan fingerprint density at radius 3 is 1.78 bits per heavy atom. The molecule has 0 saturated carbocycles. The summed E-state index contributed by atoms with van der Waals surface area (Å²) in [6.07, 6.45) is -3.67. The number of ether oxygens (including phenoxy) is 4. The van der Waals surface area contributed by atoms with Gasteiger partial charge in [-0.25, -0.2) is 30.7 Å². The molecule has 0 atom stereocenters. The van der Waals surface area contributed by atoms with E-state index in [1.54, 1.807) is 0 Å². The van der Waals surface area contributed by atoms with Crippen LogP contribution in [0.1, 0.15) is 37.2 Å². The molecule has 5 rings (SSSR count). The fourth-order valence-electron chi connectivity index (χ4n) is 5.13. The van der Waals surface area contributed by atoms with Crippen molar-refractivity contribution in [3.8, 4) is 33.8 Å². The summed E-state index contributed by atoms with van der Waals surface area (Å²) in [7, 11) is 0. The van der Waals surface area contributed by atoms with Gasteiger partial charge in [0.05, 0.1) is 13.2 Å². The minimum atomic E-state index is -4.68. The lowest BCUT2D eigenvalue weighted by Crippen LogP contribution is -2.27. The van der Waals surface area contributed by atoms with Crippen molar-refractivity contribution >= 4 is 0 Å². The van der Waals surface area contributed by atoms with Crippen molar-refractivity contribution in [2.75, 3.05) is 20.1 Å². The summed E-state index contributed by atoms with van der Waals surface area (Å²) in [5.41, 5.74) is -3.01. The van der Waals surface area contributed by atoms with Gasteiger partial charge >= 0.3 is 6.11 Å². The van der Waals surface area contributed by atoms with E-state index in [0.29, 0.717) is 49.1 Å². The van der Waals surface area contributed by atoms with Crippen molar-refractivity contribution in [2.24, 2.45) is 5.92 Å². The second-order valence-electron chi connectivity index (χ2n) is 10.5. The molecule has 0 spiro atoms. The zero-order chi connectivity index (χ0) is 33.2. The molecule has 244 valence electrons. The molecule has 1 aliphatic heterocycles. The van der Waals surface area contributed by atoms with E-state index in [1.165, 1.54) is 12.1 Å². The zero-order valence-electron chi connectivity index (χ0n) is 24.0. The van der Waals surface area contributed by atoms with Crippen LogP contribution in [0.25, 0.3) is 22.3 Å². The maximum Gasteiger partial charge on any atom is 0.432 e. The molecule has 13 heteroatoms. The summed E-state index contributed by atoms with van der Waals surface area (Å²) in [5.74, 6) is -10.2. The minimum Gasteiger partial charge on any atom is -0.457 e. The molecule has 0 aromatic heterocycles. The zero-order valence-corrected chi connectivity index (χ0v) is 24.0. The first-order chi connectivity index (χ1) is 21.9. The molecule has 0 amide bonds. The lowest BCUT2D eigenvalue weighted by atomic mass is 10.00. The van der Waals surface area contributed by atoms with Gasteiger partial charge in [0.15, 0.2) is 23.7 Å². The van der Waals surface area contributed by atoms with Crippen LogP contribution in [-0.2, 0) is 15.6 Å². The van der Waals surface area contributed by atoms with Crippen molar-refractivity contribution in [3.05, 3.63) is 107 Å². The summed E-state index contributed by atoms with van der Waals surface area (Å²) in [6.45, 7) is 1.33. The molecule has 1 saturated heterocycles. The van der Waals surface area contributed by atoms with Gasteiger partial charge in [0.1, 0.15) is 34.6 Å². The van der Waals surface area contributed by atoms with E-state index in [2.05, 4.69) is 9.47 Å². The number of halogens is 9. The topological polar surface area (TPSA) is 36.9 Å². The largest absolute Gasteiger partial charge is 0.457 e. The molecule has 0 aliphatic carbocycles. The highest BCUT2D eigenvalue weighted by molar-refractivity contribution is 5.67. The van der Waals surface area contributed by atoms with E-state index in [4.69, 9.17) is 9.47 Å². The molecular formula is C33H25F9O4. The monoisotopic (exact) mass is 656 g/mol. The van der Waals surface area contributed by atoms with E-state index >= 15 is 13.2 Å². The average molecular weight is 657 g/mol. The van der Waals surface area contributed by atoms with Crippen molar-refractivity contribution in [3.63, 3.8) is 0 Å². The molecule has 1 heterocycles. The fourth-order valence-corrected chi connectivity index (χ4v) is 5.13. The Kier molecular flexibility index (Phi) is 9.82. The Labute approximate surface area is 257 Å². The van der Waals surface area contributed by atoms with E-state index in [9.17, 15) is 26.3 Å². The van der Waals surface area contributed by atoms with Crippen LogP contribution in [0.15, 0.2) is 60.7 Å². The standard InChI is InChI=1S/C33H25F9O4/c1-2-3-17-14-43-32(44-15-17)18-4-6-22(24(35)8-18)19-9-26(37)30(27(38)10-19)33(41,42)46-21-5-7-23(25(36)13-21)20-11-28(39)31(45-16-34)29(40)12-20/h4-13,17,32H,2-3,14-16H2,1H3. The number of alkyl halides is 3. The molecule has 0 radical (unpaired) electrons. The highest BCUT2D eigenvalue weighted by Crippen LogP contribution is 2.39. The van der Waals surface area contributed by atoms with Crippen LogP contribution >= 0.6 is 0 Å². The summed E-state index contributed by atoms with van der Waals surface area (Å²) < 4.78 is 150. The Bertz CT molecular complexity index is 1680. The first-order valence-corrected chi connectivity index (χ1v) is 14.0. The maximum atomic E-state index is 15.0. The molecular weight excluding hydrogens is 631 g/mol. The van der Waals surface area contributed by atoms with Crippen LogP contribution in [-0.4, -0.2) is 20.1 Å². The van der Waals surface area contributed by atoms with Crippen molar-refractivity contribution in [1.29, 1.82) is 0 Å². The third-order valence-electron chi connectivity index (χ3n) is 7.27. The lowest BCUT2D eigenvalue weighted by molar-refractivity contribution is -0.206.